The van der Waals surface area contributed by atoms with E-state index >= 15 is 0 Å². The summed E-state index contributed by atoms with van der Waals surface area (Å²) < 4.78 is 24.3. The first-order chi connectivity index (χ1) is 12.2. The van der Waals surface area contributed by atoms with Crippen molar-refractivity contribution in [1.82, 2.24) is 9.97 Å². The molecule has 6 nitrogen and oxygen atoms in total. The number of aromatic nitrogens is 2. The predicted octanol–water partition coefficient (Wildman–Crippen LogP) is 3.26. The molecule has 128 valence electrons. The van der Waals surface area contributed by atoms with Crippen molar-refractivity contribution in [2.24, 2.45) is 0 Å². The van der Waals surface area contributed by atoms with Gasteiger partial charge in [0, 0.05) is 23.6 Å². The van der Waals surface area contributed by atoms with Crippen molar-refractivity contribution >= 4 is 28.1 Å². The Labute approximate surface area is 143 Å². The molecule has 0 spiro atoms. The summed E-state index contributed by atoms with van der Waals surface area (Å²) in [6.07, 6.45) is 2.32. The molecule has 2 heterocycles. The van der Waals surface area contributed by atoms with E-state index in [0.29, 0.717) is 36.0 Å². The molecule has 1 aromatic heterocycles. The molecular weight excluding hydrogens is 323 g/mol. The molecule has 2 aromatic carbocycles. The molecule has 0 bridgehead atoms. The molecule has 3 aromatic rings. The van der Waals surface area contributed by atoms with Crippen molar-refractivity contribution in [2.45, 2.75) is 12.5 Å². The lowest BCUT2D eigenvalue weighted by atomic mass is 10.2. The Morgan fingerprint density at radius 3 is 2.80 bits per heavy atom. The van der Waals surface area contributed by atoms with E-state index in [0.717, 1.165) is 17.5 Å². The molecule has 0 saturated carbocycles. The van der Waals surface area contributed by atoms with E-state index < -0.39 is 0 Å². The minimum absolute atomic E-state index is 0.0124. The van der Waals surface area contributed by atoms with Crippen LogP contribution < -0.4 is 15.8 Å². The van der Waals surface area contributed by atoms with Gasteiger partial charge >= 0.3 is 0 Å². The standard InChI is InChI=1S/C18H17FN4O2/c19-11-1-3-12(4-2-11)23-18-14-7-15(20)17(8-16(14)21-10-22-18)25-13-5-6-24-9-13/h1-4,7-8,10,13H,5-6,9,20H2,(H,21,22,23)/t13-/m0/s1. The van der Waals surface area contributed by atoms with E-state index in [2.05, 4.69) is 15.3 Å². The molecular formula is C18H17FN4O2. The van der Waals surface area contributed by atoms with E-state index in [-0.39, 0.29) is 11.9 Å². The first-order valence-corrected chi connectivity index (χ1v) is 8.00. The van der Waals surface area contributed by atoms with Crippen LogP contribution in [0.5, 0.6) is 5.75 Å². The van der Waals surface area contributed by atoms with E-state index in [1.165, 1.54) is 18.5 Å². The molecule has 0 radical (unpaired) electrons. The Kier molecular flexibility index (Phi) is 4.07. The summed E-state index contributed by atoms with van der Waals surface area (Å²) in [6.45, 7) is 1.27. The van der Waals surface area contributed by atoms with Crippen LogP contribution in [0.4, 0.5) is 21.6 Å². The fourth-order valence-electron chi connectivity index (χ4n) is 2.76. The number of hydrogen-bond acceptors (Lipinski definition) is 6. The van der Waals surface area contributed by atoms with Crippen molar-refractivity contribution in [2.75, 3.05) is 24.3 Å². The van der Waals surface area contributed by atoms with Crippen molar-refractivity contribution in [3.05, 3.63) is 48.5 Å². The second-order valence-corrected chi connectivity index (χ2v) is 5.86. The number of nitrogens with one attached hydrogen (secondary N) is 1. The summed E-state index contributed by atoms with van der Waals surface area (Å²) in [5.74, 6) is 0.897. The molecule has 1 atom stereocenters. The van der Waals surface area contributed by atoms with Crippen molar-refractivity contribution in [3.63, 3.8) is 0 Å². The number of fused-ring (bicyclic) bond motifs is 1. The van der Waals surface area contributed by atoms with E-state index in [4.69, 9.17) is 15.2 Å². The molecule has 7 heteroatoms. The largest absolute Gasteiger partial charge is 0.486 e. The van der Waals surface area contributed by atoms with Crippen LogP contribution in [0.25, 0.3) is 10.9 Å². The highest BCUT2D eigenvalue weighted by molar-refractivity contribution is 5.94. The normalized spacial score (nSPS) is 16.9. The van der Waals surface area contributed by atoms with Crippen LogP contribution in [-0.2, 0) is 4.74 Å². The van der Waals surface area contributed by atoms with Gasteiger partial charge in [-0.25, -0.2) is 14.4 Å². The highest BCUT2D eigenvalue weighted by Crippen LogP contribution is 2.32. The number of hydrogen-bond donors (Lipinski definition) is 2. The Hall–Kier alpha value is -2.93. The lowest BCUT2D eigenvalue weighted by Gasteiger charge is -2.15. The Morgan fingerprint density at radius 2 is 2.04 bits per heavy atom. The van der Waals surface area contributed by atoms with E-state index in [9.17, 15) is 4.39 Å². The summed E-state index contributed by atoms with van der Waals surface area (Å²) in [4.78, 5) is 8.56. The lowest BCUT2D eigenvalue weighted by Crippen LogP contribution is -2.16. The van der Waals surface area contributed by atoms with Gasteiger partial charge in [-0.05, 0) is 30.3 Å². The van der Waals surface area contributed by atoms with Crippen LogP contribution in [0, 0.1) is 5.82 Å². The number of nitrogens with two attached hydrogens (primary N) is 1. The predicted molar refractivity (Wildman–Crippen MR) is 93.5 cm³/mol. The van der Waals surface area contributed by atoms with Crippen molar-refractivity contribution in [1.29, 1.82) is 0 Å². The third kappa shape index (κ3) is 3.32. The van der Waals surface area contributed by atoms with Gasteiger partial charge in [0.2, 0.25) is 0 Å². The highest BCUT2D eigenvalue weighted by atomic mass is 19.1. The third-order valence-corrected chi connectivity index (χ3v) is 4.06. The summed E-state index contributed by atoms with van der Waals surface area (Å²) >= 11 is 0. The third-order valence-electron chi connectivity index (χ3n) is 4.06. The summed E-state index contributed by atoms with van der Waals surface area (Å²) in [5, 5.41) is 3.92. The number of anilines is 3. The van der Waals surface area contributed by atoms with E-state index in [1.54, 1.807) is 24.3 Å². The molecule has 1 fully saturated rings. The van der Waals surface area contributed by atoms with Crippen LogP contribution in [0.1, 0.15) is 6.42 Å². The molecule has 1 saturated heterocycles. The quantitative estimate of drug-likeness (QED) is 0.710. The van der Waals surface area contributed by atoms with Gasteiger partial charge in [0.05, 0.1) is 24.4 Å². The average Bonchev–Trinajstić information content (AvgIpc) is 3.11. The van der Waals surface area contributed by atoms with Crippen molar-refractivity contribution < 1.29 is 13.9 Å². The second kappa shape index (κ2) is 6.52. The van der Waals surface area contributed by atoms with Gasteiger partial charge < -0.3 is 20.5 Å². The van der Waals surface area contributed by atoms with Gasteiger partial charge in [0.15, 0.2) is 0 Å². The Morgan fingerprint density at radius 1 is 1.20 bits per heavy atom. The van der Waals surface area contributed by atoms with Gasteiger partial charge in [-0.1, -0.05) is 0 Å². The van der Waals surface area contributed by atoms with Gasteiger partial charge in [0.25, 0.3) is 0 Å². The van der Waals surface area contributed by atoms with E-state index in [1.807, 2.05) is 0 Å². The number of benzene rings is 2. The van der Waals surface area contributed by atoms with Crippen LogP contribution in [-0.4, -0.2) is 29.3 Å². The molecule has 1 aliphatic rings. The summed E-state index contributed by atoms with van der Waals surface area (Å²) in [6, 6.07) is 9.65. The molecule has 1 aliphatic heterocycles. The molecule has 25 heavy (non-hydrogen) atoms. The fraction of sp³-hybridized carbons (Fsp3) is 0.222. The van der Waals surface area contributed by atoms with Crippen molar-refractivity contribution in [3.8, 4) is 5.75 Å². The zero-order valence-corrected chi connectivity index (χ0v) is 13.4. The number of ether oxygens (including phenoxy) is 2. The SMILES string of the molecule is Nc1cc2c(Nc3ccc(F)cc3)ncnc2cc1O[C@H]1CCOC1. The topological polar surface area (TPSA) is 82.3 Å². The van der Waals surface area contributed by atoms with Crippen LogP contribution in [0.2, 0.25) is 0 Å². The monoisotopic (exact) mass is 340 g/mol. The van der Waals surface area contributed by atoms with Gasteiger partial charge in [-0.3, -0.25) is 0 Å². The molecule has 0 aliphatic carbocycles. The maximum Gasteiger partial charge on any atom is 0.144 e. The smallest absolute Gasteiger partial charge is 0.144 e. The summed E-state index contributed by atoms with van der Waals surface area (Å²) in [5.41, 5.74) is 8.09. The molecule has 3 N–H and O–H groups in total. The lowest BCUT2D eigenvalue weighted by molar-refractivity contribution is 0.142. The van der Waals surface area contributed by atoms with Crippen LogP contribution >= 0.6 is 0 Å². The number of nitrogens with zero attached hydrogens (tertiary/aromatic N) is 2. The zero-order valence-electron chi connectivity index (χ0n) is 13.4. The molecule has 4 rings (SSSR count). The van der Waals surface area contributed by atoms with Gasteiger partial charge in [-0.2, -0.15) is 0 Å². The van der Waals surface area contributed by atoms with Crippen LogP contribution in [0.3, 0.4) is 0 Å². The maximum atomic E-state index is 13.1. The molecule has 0 unspecified atom stereocenters. The first kappa shape index (κ1) is 15.6. The van der Waals surface area contributed by atoms with Crippen LogP contribution in [0.15, 0.2) is 42.7 Å². The number of rotatable bonds is 4. The Balaban J connectivity index is 1.66. The van der Waals surface area contributed by atoms with Gasteiger partial charge in [-0.15, -0.1) is 0 Å². The number of halogens is 1. The number of nitrogen functional groups attached to an aromatic ring is 1. The van der Waals surface area contributed by atoms with Gasteiger partial charge in [0.1, 0.15) is 29.8 Å². The molecule has 0 amide bonds. The second-order valence-electron chi connectivity index (χ2n) is 5.86. The summed E-state index contributed by atoms with van der Waals surface area (Å²) in [7, 11) is 0. The highest BCUT2D eigenvalue weighted by Gasteiger charge is 2.19. The average molecular weight is 340 g/mol. The maximum absolute atomic E-state index is 13.1. The fourth-order valence-corrected chi connectivity index (χ4v) is 2.76. The first-order valence-electron chi connectivity index (χ1n) is 8.00. The minimum atomic E-state index is -0.292. The Bertz CT molecular complexity index is 895. The minimum Gasteiger partial charge on any atom is -0.486 e. The zero-order chi connectivity index (χ0) is 17.2.